The highest BCUT2D eigenvalue weighted by molar-refractivity contribution is 5.89. The Hall–Kier alpha value is -2.28. The lowest BCUT2D eigenvalue weighted by atomic mass is 9.77. The number of fused-ring (bicyclic) bond motifs is 3. The Morgan fingerprint density at radius 3 is 2.29 bits per heavy atom. The molecule has 2 bridgehead atoms. The predicted octanol–water partition coefficient (Wildman–Crippen LogP) is 8.07. The minimum absolute atomic E-state index is 0.0505. The second-order valence-electron chi connectivity index (χ2n) is 11.6. The van der Waals surface area contributed by atoms with E-state index >= 15 is 0 Å². The standard InChI is InChI=1S/C31H40F3NO3/c1-4-20-8-13-26(14-9-20)38-28-15-12-21-10-11-22(18-27(21)29(28)31(32,33)34)19(2)35-24-6-5-7-25(35)17-23(16-24)30(36)37-3/h10-12,15,18-20,23-26H,4-9,13-14,16-17H2,1-3H3/t19?,20-,23?,24?,25?,26+. The third kappa shape index (κ3) is 5.41. The van der Waals surface area contributed by atoms with Crippen LogP contribution < -0.4 is 4.74 Å². The van der Waals surface area contributed by atoms with Crippen molar-refractivity contribution in [2.75, 3.05) is 7.11 Å². The molecule has 0 radical (unpaired) electrons. The van der Waals surface area contributed by atoms with Crippen molar-refractivity contribution in [3.8, 4) is 5.75 Å². The molecule has 3 atom stereocenters. The average Bonchev–Trinajstić information content (AvgIpc) is 2.90. The molecule has 0 aromatic heterocycles. The van der Waals surface area contributed by atoms with Crippen molar-refractivity contribution in [2.45, 2.75) is 108 Å². The number of piperidine rings is 2. The number of halogens is 3. The molecule has 2 saturated heterocycles. The number of nitrogens with zero attached hydrogens (tertiary/aromatic N) is 1. The van der Waals surface area contributed by atoms with Crippen LogP contribution in [-0.4, -0.2) is 36.2 Å². The van der Waals surface area contributed by atoms with Gasteiger partial charge in [-0.15, -0.1) is 0 Å². The van der Waals surface area contributed by atoms with Crippen molar-refractivity contribution >= 4 is 16.7 Å². The topological polar surface area (TPSA) is 38.8 Å². The first-order chi connectivity index (χ1) is 18.2. The number of methoxy groups -OCH3 is 1. The first-order valence-corrected chi connectivity index (χ1v) is 14.3. The largest absolute Gasteiger partial charge is 0.490 e. The maximum absolute atomic E-state index is 14.5. The van der Waals surface area contributed by atoms with E-state index in [9.17, 15) is 18.0 Å². The Morgan fingerprint density at radius 1 is 1.03 bits per heavy atom. The van der Waals surface area contributed by atoms with Crippen LogP contribution >= 0.6 is 0 Å². The Bertz CT molecular complexity index is 1130. The maximum atomic E-state index is 14.5. The molecule has 0 spiro atoms. The zero-order chi connectivity index (χ0) is 27.0. The fourth-order valence-corrected chi connectivity index (χ4v) is 7.39. The fraction of sp³-hybridized carbons (Fsp3) is 0.645. The van der Waals surface area contributed by atoms with Crippen molar-refractivity contribution in [3.63, 3.8) is 0 Å². The summed E-state index contributed by atoms with van der Waals surface area (Å²) in [6.07, 6.45) is 4.62. The van der Waals surface area contributed by atoms with Gasteiger partial charge in [-0.2, -0.15) is 13.2 Å². The van der Waals surface area contributed by atoms with E-state index in [1.807, 2.05) is 12.1 Å². The molecule has 5 rings (SSSR count). The van der Waals surface area contributed by atoms with Gasteiger partial charge in [0.1, 0.15) is 11.3 Å². The fourth-order valence-electron chi connectivity index (χ4n) is 7.39. The van der Waals surface area contributed by atoms with E-state index in [4.69, 9.17) is 9.47 Å². The maximum Gasteiger partial charge on any atom is 0.420 e. The normalized spacial score (nSPS) is 29.2. The van der Waals surface area contributed by atoms with Gasteiger partial charge in [-0.05, 0) is 92.7 Å². The van der Waals surface area contributed by atoms with E-state index < -0.39 is 11.7 Å². The zero-order valence-corrected chi connectivity index (χ0v) is 22.7. The quantitative estimate of drug-likeness (QED) is 0.353. The van der Waals surface area contributed by atoms with Crippen molar-refractivity contribution in [2.24, 2.45) is 11.8 Å². The van der Waals surface area contributed by atoms with Crippen LogP contribution in [0.4, 0.5) is 13.2 Å². The Labute approximate surface area is 223 Å². The van der Waals surface area contributed by atoms with Crippen LogP contribution in [0.5, 0.6) is 5.75 Å². The molecule has 7 heteroatoms. The van der Waals surface area contributed by atoms with Gasteiger partial charge in [-0.1, -0.05) is 38.0 Å². The molecule has 208 valence electrons. The van der Waals surface area contributed by atoms with Crippen LogP contribution in [0.3, 0.4) is 0 Å². The van der Waals surface area contributed by atoms with E-state index in [1.165, 1.54) is 13.2 Å². The number of esters is 1. The third-order valence-corrected chi connectivity index (χ3v) is 9.45. The van der Waals surface area contributed by atoms with Gasteiger partial charge in [-0.25, -0.2) is 0 Å². The number of benzene rings is 2. The van der Waals surface area contributed by atoms with Crippen molar-refractivity contribution in [3.05, 3.63) is 41.5 Å². The van der Waals surface area contributed by atoms with Gasteiger partial charge >= 0.3 is 12.1 Å². The highest BCUT2D eigenvalue weighted by Gasteiger charge is 2.43. The summed E-state index contributed by atoms with van der Waals surface area (Å²) in [5, 5.41) is 0.774. The summed E-state index contributed by atoms with van der Waals surface area (Å²) >= 11 is 0. The zero-order valence-electron chi connectivity index (χ0n) is 22.7. The first kappa shape index (κ1) is 27.3. The van der Waals surface area contributed by atoms with Crippen LogP contribution in [0.1, 0.15) is 95.2 Å². The smallest absolute Gasteiger partial charge is 0.420 e. The number of hydrogen-bond donors (Lipinski definition) is 0. The van der Waals surface area contributed by atoms with Crippen molar-refractivity contribution < 1.29 is 27.4 Å². The van der Waals surface area contributed by atoms with Crippen LogP contribution in [0.25, 0.3) is 10.8 Å². The Morgan fingerprint density at radius 2 is 1.68 bits per heavy atom. The molecule has 4 nitrogen and oxygen atoms in total. The molecule has 1 saturated carbocycles. The molecule has 38 heavy (non-hydrogen) atoms. The molecule has 2 aromatic rings. The number of alkyl halides is 3. The third-order valence-electron chi connectivity index (χ3n) is 9.45. The van der Waals surface area contributed by atoms with E-state index in [0.717, 1.165) is 69.8 Å². The highest BCUT2D eigenvalue weighted by Crippen LogP contribution is 2.46. The van der Waals surface area contributed by atoms with Crippen LogP contribution in [-0.2, 0) is 15.7 Å². The SMILES string of the molecule is CC[C@H]1CC[C@@H](Oc2ccc3ccc(C(C)N4C5CCCC4CC(C(=O)OC)C5)cc3c2C(F)(F)F)CC1. The van der Waals surface area contributed by atoms with Gasteiger partial charge in [-0.3, -0.25) is 9.69 Å². The molecule has 3 aliphatic rings. The number of carbonyl (C=O) groups excluding carboxylic acids is 1. The molecule has 2 aliphatic heterocycles. The summed E-state index contributed by atoms with van der Waals surface area (Å²) in [7, 11) is 1.44. The number of carbonyl (C=O) groups is 1. The minimum Gasteiger partial charge on any atom is -0.490 e. The summed E-state index contributed by atoms with van der Waals surface area (Å²) < 4.78 is 54.7. The molecule has 1 aliphatic carbocycles. The molecule has 3 unspecified atom stereocenters. The average molecular weight is 532 g/mol. The van der Waals surface area contributed by atoms with E-state index in [0.29, 0.717) is 11.3 Å². The van der Waals surface area contributed by atoms with Gasteiger partial charge in [0.25, 0.3) is 0 Å². The number of rotatable bonds is 6. The lowest BCUT2D eigenvalue weighted by Crippen LogP contribution is -2.54. The molecule has 0 amide bonds. The Kier molecular flexibility index (Phi) is 7.95. The van der Waals surface area contributed by atoms with E-state index in [2.05, 4.69) is 18.7 Å². The molecular weight excluding hydrogens is 491 g/mol. The second kappa shape index (κ2) is 11.1. The predicted molar refractivity (Wildman–Crippen MR) is 142 cm³/mol. The molecule has 2 aromatic carbocycles. The van der Waals surface area contributed by atoms with Crippen LogP contribution in [0, 0.1) is 11.8 Å². The van der Waals surface area contributed by atoms with Crippen LogP contribution in [0.2, 0.25) is 0 Å². The number of ether oxygens (including phenoxy) is 2. The van der Waals surface area contributed by atoms with Gasteiger partial charge in [0.05, 0.1) is 19.1 Å². The summed E-state index contributed by atoms with van der Waals surface area (Å²) in [5.41, 5.74) is 0.211. The van der Waals surface area contributed by atoms with Gasteiger partial charge in [0, 0.05) is 18.1 Å². The number of hydrogen-bond acceptors (Lipinski definition) is 4. The van der Waals surface area contributed by atoms with E-state index in [1.54, 1.807) is 12.1 Å². The van der Waals surface area contributed by atoms with E-state index in [-0.39, 0.29) is 47.3 Å². The van der Waals surface area contributed by atoms with Gasteiger partial charge in [0.2, 0.25) is 0 Å². The Balaban J connectivity index is 1.45. The van der Waals surface area contributed by atoms with Crippen molar-refractivity contribution in [1.29, 1.82) is 0 Å². The van der Waals surface area contributed by atoms with Crippen LogP contribution in [0.15, 0.2) is 30.3 Å². The summed E-state index contributed by atoms with van der Waals surface area (Å²) in [5.74, 6) is 0.352. The molecule has 2 heterocycles. The second-order valence-corrected chi connectivity index (χ2v) is 11.6. The summed E-state index contributed by atoms with van der Waals surface area (Å²) in [4.78, 5) is 14.7. The van der Waals surface area contributed by atoms with Gasteiger partial charge < -0.3 is 9.47 Å². The van der Waals surface area contributed by atoms with Crippen molar-refractivity contribution in [1.82, 2.24) is 4.90 Å². The highest BCUT2D eigenvalue weighted by atomic mass is 19.4. The first-order valence-electron chi connectivity index (χ1n) is 14.3. The molecule has 3 fully saturated rings. The lowest BCUT2D eigenvalue weighted by Gasteiger charge is -2.51. The molecule has 0 N–H and O–H groups in total. The summed E-state index contributed by atoms with van der Waals surface area (Å²) in [6.45, 7) is 4.26. The summed E-state index contributed by atoms with van der Waals surface area (Å²) in [6, 6.07) is 9.16. The lowest BCUT2D eigenvalue weighted by molar-refractivity contribution is -0.150. The molecular formula is C31H40F3NO3. The minimum atomic E-state index is -4.52. The monoisotopic (exact) mass is 531 g/mol. The van der Waals surface area contributed by atoms with Gasteiger partial charge in [0.15, 0.2) is 0 Å².